The van der Waals surface area contributed by atoms with E-state index in [2.05, 4.69) is 4.98 Å². The number of nitrogens with zero attached hydrogens (tertiary/aromatic N) is 1. The van der Waals surface area contributed by atoms with Crippen LogP contribution in [-0.4, -0.2) is 50.7 Å². The van der Waals surface area contributed by atoms with Crippen LogP contribution in [0.3, 0.4) is 0 Å². The molecule has 1 saturated heterocycles. The highest BCUT2D eigenvalue weighted by atomic mass is 16.4. The largest absolute Gasteiger partial charge is 0.480 e. The molecule has 0 aliphatic carbocycles. The Morgan fingerprint density at radius 2 is 2.17 bits per heavy atom. The van der Waals surface area contributed by atoms with Crippen LogP contribution in [0.2, 0.25) is 0 Å². The van der Waals surface area contributed by atoms with E-state index in [0.717, 1.165) is 4.90 Å². The molecular formula is C11H12N2O5. The number of aliphatic carboxylic acids is 1. The molecule has 1 amide bonds. The molecule has 1 aromatic rings. The zero-order valence-electron chi connectivity index (χ0n) is 9.37. The van der Waals surface area contributed by atoms with Crippen molar-refractivity contribution in [2.75, 3.05) is 6.54 Å². The number of nitrogens with one attached hydrogen (secondary N) is 1. The van der Waals surface area contributed by atoms with E-state index in [9.17, 15) is 19.5 Å². The van der Waals surface area contributed by atoms with Crippen molar-refractivity contribution in [3.63, 3.8) is 0 Å². The Labute approximate surface area is 102 Å². The fraction of sp³-hybridized carbons (Fsp3) is 0.364. The molecule has 1 fully saturated rings. The van der Waals surface area contributed by atoms with Gasteiger partial charge >= 0.3 is 5.97 Å². The minimum Gasteiger partial charge on any atom is -0.480 e. The van der Waals surface area contributed by atoms with Crippen LogP contribution in [0.15, 0.2) is 23.1 Å². The Morgan fingerprint density at radius 1 is 1.44 bits per heavy atom. The molecule has 18 heavy (non-hydrogen) atoms. The van der Waals surface area contributed by atoms with E-state index in [0.29, 0.717) is 0 Å². The van der Waals surface area contributed by atoms with Gasteiger partial charge in [-0.15, -0.1) is 0 Å². The lowest BCUT2D eigenvalue weighted by Crippen LogP contribution is -2.42. The van der Waals surface area contributed by atoms with Crippen LogP contribution >= 0.6 is 0 Å². The average Bonchev–Trinajstić information content (AvgIpc) is 2.71. The minimum atomic E-state index is -1.19. The molecule has 2 rings (SSSR count). The summed E-state index contributed by atoms with van der Waals surface area (Å²) in [5, 5.41) is 18.4. The second-order valence-corrected chi connectivity index (χ2v) is 4.11. The van der Waals surface area contributed by atoms with Crippen molar-refractivity contribution >= 4 is 11.9 Å². The van der Waals surface area contributed by atoms with Gasteiger partial charge in [0.15, 0.2) is 0 Å². The highest BCUT2D eigenvalue weighted by Crippen LogP contribution is 2.19. The SMILES string of the molecule is O=C(O)[C@@H]1CC(O)CN1C(=O)c1ccc[nH]c1=O. The smallest absolute Gasteiger partial charge is 0.326 e. The normalized spacial score (nSPS) is 23.1. The van der Waals surface area contributed by atoms with Crippen LogP contribution in [0.1, 0.15) is 16.8 Å². The Kier molecular flexibility index (Phi) is 3.15. The summed E-state index contributed by atoms with van der Waals surface area (Å²) < 4.78 is 0. The molecule has 3 N–H and O–H groups in total. The predicted octanol–water partition coefficient (Wildman–Crippen LogP) is -0.965. The first kappa shape index (κ1) is 12.3. The highest BCUT2D eigenvalue weighted by molar-refractivity contribution is 5.96. The second-order valence-electron chi connectivity index (χ2n) is 4.11. The number of hydrogen-bond acceptors (Lipinski definition) is 4. The zero-order valence-corrected chi connectivity index (χ0v) is 9.37. The summed E-state index contributed by atoms with van der Waals surface area (Å²) >= 11 is 0. The molecule has 7 nitrogen and oxygen atoms in total. The summed E-state index contributed by atoms with van der Waals surface area (Å²) in [6.45, 7) is -0.0792. The molecule has 96 valence electrons. The molecule has 1 aliphatic heterocycles. The topological polar surface area (TPSA) is 111 Å². The van der Waals surface area contributed by atoms with Crippen molar-refractivity contribution in [3.8, 4) is 0 Å². The van der Waals surface area contributed by atoms with E-state index in [1.165, 1.54) is 18.3 Å². The minimum absolute atomic E-state index is 0.0220. The Bertz CT molecular complexity index is 538. The van der Waals surface area contributed by atoms with Gasteiger partial charge in [-0.3, -0.25) is 9.59 Å². The Morgan fingerprint density at radius 3 is 2.78 bits per heavy atom. The number of likely N-dealkylation sites (tertiary alicyclic amines) is 1. The number of carbonyl (C=O) groups excluding carboxylic acids is 1. The third-order valence-electron chi connectivity index (χ3n) is 2.87. The number of hydrogen-bond donors (Lipinski definition) is 3. The monoisotopic (exact) mass is 252 g/mol. The van der Waals surface area contributed by atoms with Crippen LogP contribution in [0.4, 0.5) is 0 Å². The number of carboxylic acid groups (broad SMARTS) is 1. The van der Waals surface area contributed by atoms with Crippen LogP contribution in [0.5, 0.6) is 0 Å². The molecule has 2 heterocycles. The third kappa shape index (κ3) is 2.12. The summed E-state index contributed by atoms with van der Waals surface area (Å²) in [6, 6.07) is 1.72. The molecule has 0 aromatic carbocycles. The molecule has 1 aliphatic rings. The number of carbonyl (C=O) groups is 2. The van der Waals surface area contributed by atoms with Crippen molar-refractivity contribution < 1.29 is 19.8 Å². The molecule has 0 radical (unpaired) electrons. The standard InChI is InChI=1S/C11H12N2O5/c14-6-4-8(11(17)18)13(5-6)10(16)7-2-1-3-12-9(7)15/h1-3,6,8,14H,4-5H2,(H,12,15)(H,17,18)/t6?,8-/m0/s1. The molecule has 0 saturated carbocycles. The van der Waals surface area contributed by atoms with E-state index < -0.39 is 29.6 Å². The summed E-state index contributed by atoms with van der Waals surface area (Å²) in [4.78, 5) is 37.9. The van der Waals surface area contributed by atoms with Crippen molar-refractivity contribution in [2.45, 2.75) is 18.6 Å². The zero-order chi connectivity index (χ0) is 13.3. The maximum Gasteiger partial charge on any atom is 0.326 e. The maximum absolute atomic E-state index is 12.1. The van der Waals surface area contributed by atoms with E-state index in [1.54, 1.807) is 0 Å². The van der Waals surface area contributed by atoms with Crippen LogP contribution in [0.25, 0.3) is 0 Å². The number of aliphatic hydroxyl groups is 1. The van der Waals surface area contributed by atoms with Crippen molar-refractivity contribution in [3.05, 3.63) is 34.2 Å². The summed E-state index contributed by atoms with van der Waals surface area (Å²) in [6.07, 6.45) is 0.483. The number of aromatic amines is 1. The number of H-pyrrole nitrogens is 1. The van der Waals surface area contributed by atoms with Gasteiger partial charge in [-0.05, 0) is 12.1 Å². The molecule has 1 aromatic heterocycles. The van der Waals surface area contributed by atoms with Crippen LogP contribution in [0, 0.1) is 0 Å². The van der Waals surface area contributed by atoms with Crippen LogP contribution < -0.4 is 5.56 Å². The van der Waals surface area contributed by atoms with Gasteiger partial charge in [0.25, 0.3) is 11.5 Å². The number of β-amino-alcohol motifs (C(OH)–C–C–N with tert-alkyl or cyclic N) is 1. The van der Waals surface area contributed by atoms with E-state index >= 15 is 0 Å². The van der Waals surface area contributed by atoms with Crippen molar-refractivity contribution in [1.82, 2.24) is 9.88 Å². The average molecular weight is 252 g/mol. The van der Waals surface area contributed by atoms with Gasteiger partial charge in [0.2, 0.25) is 0 Å². The van der Waals surface area contributed by atoms with Crippen LogP contribution in [-0.2, 0) is 4.79 Å². The molecule has 0 bridgehead atoms. The Balaban J connectivity index is 2.31. The van der Waals surface area contributed by atoms with E-state index in [-0.39, 0.29) is 18.5 Å². The number of aromatic nitrogens is 1. The quantitative estimate of drug-likeness (QED) is 0.627. The highest BCUT2D eigenvalue weighted by Gasteiger charge is 2.39. The summed E-state index contributed by atoms with van der Waals surface area (Å²) in [5.74, 6) is -1.87. The maximum atomic E-state index is 12.1. The first-order valence-corrected chi connectivity index (χ1v) is 5.40. The lowest BCUT2D eigenvalue weighted by atomic mass is 10.2. The van der Waals surface area contributed by atoms with Gasteiger partial charge in [-0.1, -0.05) is 0 Å². The van der Waals surface area contributed by atoms with Gasteiger partial charge in [0.1, 0.15) is 11.6 Å². The molecule has 1 unspecified atom stereocenters. The van der Waals surface area contributed by atoms with Gasteiger partial charge < -0.3 is 20.1 Å². The first-order chi connectivity index (χ1) is 8.50. The first-order valence-electron chi connectivity index (χ1n) is 5.40. The van der Waals surface area contributed by atoms with E-state index in [4.69, 9.17) is 5.11 Å². The van der Waals surface area contributed by atoms with Gasteiger partial charge in [0.05, 0.1) is 6.10 Å². The predicted molar refractivity (Wildman–Crippen MR) is 60.1 cm³/mol. The molecular weight excluding hydrogens is 240 g/mol. The number of pyridine rings is 1. The van der Waals surface area contributed by atoms with Crippen molar-refractivity contribution in [1.29, 1.82) is 0 Å². The summed E-state index contributed by atoms with van der Waals surface area (Å²) in [5.41, 5.74) is -0.703. The number of rotatable bonds is 2. The number of amides is 1. The van der Waals surface area contributed by atoms with Crippen molar-refractivity contribution in [2.24, 2.45) is 0 Å². The van der Waals surface area contributed by atoms with Gasteiger partial charge in [0, 0.05) is 19.2 Å². The fourth-order valence-corrected chi connectivity index (χ4v) is 2.02. The molecule has 2 atom stereocenters. The van der Waals surface area contributed by atoms with E-state index in [1.807, 2.05) is 0 Å². The third-order valence-corrected chi connectivity index (χ3v) is 2.87. The number of aliphatic hydroxyl groups excluding tert-OH is 1. The van der Waals surface area contributed by atoms with Gasteiger partial charge in [-0.25, -0.2) is 4.79 Å². The lowest BCUT2D eigenvalue weighted by Gasteiger charge is -2.20. The fourth-order valence-electron chi connectivity index (χ4n) is 2.02. The lowest BCUT2D eigenvalue weighted by molar-refractivity contribution is -0.141. The van der Waals surface area contributed by atoms with Gasteiger partial charge in [-0.2, -0.15) is 0 Å². The Hall–Kier alpha value is -2.15. The molecule has 0 spiro atoms. The summed E-state index contributed by atoms with van der Waals surface area (Å²) in [7, 11) is 0. The number of carboxylic acids is 1. The second kappa shape index (κ2) is 4.61. The molecule has 7 heteroatoms.